The van der Waals surface area contributed by atoms with Crippen LogP contribution in [0.4, 0.5) is 0 Å². The summed E-state index contributed by atoms with van der Waals surface area (Å²) in [4.78, 5) is 4.95. The summed E-state index contributed by atoms with van der Waals surface area (Å²) < 4.78 is 13.7. The highest BCUT2D eigenvalue weighted by Crippen LogP contribution is 2.44. The lowest BCUT2D eigenvalue weighted by Crippen LogP contribution is -2.46. The predicted octanol–water partition coefficient (Wildman–Crippen LogP) is 2.21. The molecule has 0 N–H and O–H groups in total. The van der Waals surface area contributed by atoms with E-state index in [1.54, 1.807) is 6.20 Å². The van der Waals surface area contributed by atoms with Crippen LogP contribution in [0.5, 0.6) is 0 Å². The molecular formula is C12H13ClN4O2S. The number of hydrogen-bond acceptors (Lipinski definition) is 6. The van der Waals surface area contributed by atoms with E-state index in [2.05, 4.69) is 15.3 Å². The van der Waals surface area contributed by atoms with Crippen molar-refractivity contribution in [1.82, 2.24) is 20.0 Å². The van der Waals surface area contributed by atoms with Crippen LogP contribution in [0.25, 0.3) is 10.6 Å². The molecule has 106 valence electrons. The Morgan fingerprint density at radius 1 is 1.40 bits per heavy atom. The third kappa shape index (κ3) is 2.24. The molecule has 3 heterocycles. The van der Waals surface area contributed by atoms with Gasteiger partial charge >= 0.3 is 0 Å². The third-order valence-electron chi connectivity index (χ3n) is 3.73. The summed E-state index contributed by atoms with van der Waals surface area (Å²) in [5, 5.41) is 8.32. The molecule has 1 aliphatic carbocycles. The molecule has 8 heteroatoms. The predicted molar refractivity (Wildman–Crippen MR) is 73.5 cm³/mol. The van der Waals surface area contributed by atoms with Crippen molar-refractivity contribution in [3.05, 3.63) is 16.9 Å². The summed E-state index contributed by atoms with van der Waals surface area (Å²) in [6.45, 7) is 2.27. The van der Waals surface area contributed by atoms with Gasteiger partial charge in [0.1, 0.15) is 5.69 Å². The van der Waals surface area contributed by atoms with Crippen LogP contribution < -0.4 is 0 Å². The Morgan fingerprint density at radius 3 is 2.90 bits per heavy atom. The molecule has 20 heavy (non-hydrogen) atoms. The molecule has 2 aromatic rings. The maximum Gasteiger partial charge on any atom is 0.184 e. The molecule has 1 spiro atoms. The van der Waals surface area contributed by atoms with Crippen LogP contribution in [-0.2, 0) is 16.0 Å². The van der Waals surface area contributed by atoms with E-state index in [0.29, 0.717) is 23.6 Å². The maximum absolute atomic E-state index is 5.83. The van der Waals surface area contributed by atoms with E-state index >= 15 is 0 Å². The van der Waals surface area contributed by atoms with Gasteiger partial charge in [0.05, 0.1) is 24.3 Å². The van der Waals surface area contributed by atoms with Crippen molar-refractivity contribution >= 4 is 22.9 Å². The maximum atomic E-state index is 5.83. The van der Waals surface area contributed by atoms with Crippen LogP contribution in [0, 0.1) is 5.92 Å². The summed E-state index contributed by atoms with van der Waals surface area (Å²) in [5.74, 6) is 0.243. The van der Waals surface area contributed by atoms with Gasteiger partial charge in [-0.2, -0.15) is 0 Å². The zero-order valence-electron chi connectivity index (χ0n) is 10.7. The first-order valence-electron chi connectivity index (χ1n) is 6.52. The quantitative estimate of drug-likeness (QED) is 0.869. The highest BCUT2D eigenvalue weighted by atomic mass is 35.5. The van der Waals surface area contributed by atoms with E-state index in [1.165, 1.54) is 11.3 Å². The molecule has 2 aromatic heterocycles. The Hall–Kier alpha value is -1.02. The van der Waals surface area contributed by atoms with E-state index in [9.17, 15) is 0 Å². The van der Waals surface area contributed by atoms with E-state index in [4.69, 9.17) is 21.1 Å². The number of thiazole rings is 1. The van der Waals surface area contributed by atoms with E-state index in [0.717, 1.165) is 30.0 Å². The van der Waals surface area contributed by atoms with Gasteiger partial charge < -0.3 is 9.47 Å². The summed E-state index contributed by atoms with van der Waals surface area (Å²) in [5.41, 5.74) is 0.816. The van der Waals surface area contributed by atoms with Gasteiger partial charge in [-0.3, -0.25) is 4.68 Å². The zero-order chi connectivity index (χ0) is 13.6. The third-order valence-corrected chi connectivity index (χ3v) is 4.86. The van der Waals surface area contributed by atoms with Crippen molar-refractivity contribution in [2.45, 2.75) is 25.2 Å². The molecule has 4 rings (SSSR count). The molecule has 0 amide bonds. The molecule has 2 fully saturated rings. The van der Waals surface area contributed by atoms with Crippen molar-refractivity contribution in [2.75, 3.05) is 13.2 Å². The van der Waals surface area contributed by atoms with Gasteiger partial charge in [0.15, 0.2) is 10.3 Å². The molecule has 1 saturated carbocycles. The summed E-state index contributed by atoms with van der Waals surface area (Å²) >= 11 is 7.23. The Kier molecular flexibility index (Phi) is 3.03. The molecule has 0 aromatic carbocycles. The summed E-state index contributed by atoms with van der Waals surface area (Å²) in [6.07, 6.45) is 5.54. The van der Waals surface area contributed by atoms with Crippen molar-refractivity contribution in [3.63, 3.8) is 0 Å². The lowest BCUT2D eigenvalue weighted by atomic mass is 9.79. The molecular weight excluding hydrogens is 300 g/mol. The minimum absolute atomic E-state index is 0.292. The number of ether oxygens (including phenoxy) is 2. The average molecular weight is 313 g/mol. The van der Waals surface area contributed by atoms with Gasteiger partial charge in [0.2, 0.25) is 0 Å². The molecule has 0 bridgehead atoms. The molecule has 6 nitrogen and oxygen atoms in total. The summed E-state index contributed by atoms with van der Waals surface area (Å²) in [6, 6.07) is 0. The topological polar surface area (TPSA) is 62.1 Å². The Morgan fingerprint density at radius 2 is 2.20 bits per heavy atom. The number of aromatic nitrogens is 4. The molecule has 0 radical (unpaired) electrons. The largest absolute Gasteiger partial charge is 0.348 e. The SMILES string of the molecule is Clc1ncc(-c2cn(CC3CC4(C3)OCCO4)nn2)s1. The first kappa shape index (κ1) is 12.7. The number of halogens is 1. The number of nitrogens with zero attached hydrogens (tertiary/aromatic N) is 4. The van der Waals surface area contributed by atoms with E-state index in [1.807, 2.05) is 10.9 Å². The number of rotatable bonds is 3. The normalized spacial score (nSPS) is 21.4. The van der Waals surface area contributed by atoms with Crippen LogP contribution in [0.15, 0.2) is 12.4 Å². The van der Waals surface area contributed by atoms with Crippen molar-refractivity contribution in [1.29, 1.82) is 0 Å². The average Bonchev–Trinajstić information content (AvgIpc) is 3.07. The monoisotopic (exact) mass is 312 g/mol. The van der Waals surface area contributed by atoms with Gasteiger partial charge in [-0.1, -0.05) is 16.8 Å². The van der Waals surface area contributed by atoms with Crippen LogP contribution >= 0.6 is 22.9 Å². The fraction of sp³-hybridized carbons (Fsp3) is 0.583. The van der Waals surface area contributed by atoms with Gasteiger partial charge in [-0.15, -0.1) is 16.4 Å². The van der Waals surface area contributed by atoms with Crippen LogP contribution in [-0.4, -0.2) is 39.0 Å². The van der Waals surface area contributed by atoms with E-state index < -0.39 is 0 Å². The molecule has 0 atom stereocenters. The second-order valence-corrected chi connectivity index (χ2v) is 6.80. The van der Waals surface area contributed by atoms with Gasteiger partial charge in [-0.25, -0.2) is 4.98 Å². The van der Waals surface area contributed by atoms with Crippen LogP contribution in [0.3, 0.4) is 0 Å². The second-order valence-electron chi connectivity index (χ2n) is 5.19. The minimum atomic E-state index is -0.292. The minimum Gasteiger partial charge on any atom is -0.348 e. The standard InChI is InChI=1S/C12H13ClN4O2S/c13-11-14-5-10(20-11)9-7-17(16-15-9)6-8-3-12(4-8)18-1-2-19-12/h5,7-8H,1-4,6H2. The molecule has 1 aliphatic heterocycles. The summed E-state index contributed by atoms with van der Waals surface area (Å²) in [7, 11) is 0. The van der Waals surface area contributed by atoms with Gasteiger partial charge in [-0.05, 0) is 5.92 Å². The molecule has 2 aliphatic rings. The Bertz CT molecular complexity index is 615. The fourth-order valence-corrected chi connectivity index (χ4v) is 3.71. The van der Waals surface area contributed by atoms with Gasteiger partial charge in [0, 0.05) is 25.6 Å². The Balaban J connectivity index is 1.40. The first-order valence-corrected chi connectivity index (χ1v) is 7.72. The fourth-order valence-electron chi connectivity index (χ4n) is 2.82. The first-order chi connectivity index (χ1) is 9.72. The van der Waals surface area contributed by atoms with Crippen LogP contribution in [0.1, 0.15) is 12.8 Å². The van der Waals surface area contributed by atoms with Crippen LogP contribution in [0.2, 0.25) is 4.47 Å². The lowest BCUT2D eigenvalue weighted by molar-refractivity contribution is -0.232. The Labute approximate surface area is 124 Å². The van der Waals surface area contributed by atoms with Crippen molar-refractivity contribution in [2.24, 2.45) is 5.92 Å². The zero-order valence-corrected chi connectivity index (χ0v) is 12.2. The highest BCUT2D eigenvalue weighted by molar-refractivity contribution is 7.18. The smallest absolute Gasteiger partial charge is 0.184 e. The number of hydrogen-bond donors (Lipinski definition) is 0. The van der Waals surface area contributed by atoms with Crippen molar-refractivity contribution in [3.8, 4) is 10.6 Å². The van der Waals surface area contributed by atoms with Gasteiger partial charge in [0.25, 0.3) is 0 Å². The second kappa shape index (κ2) is 4.77. The molecule has 0 unspecified atom stereocenters. The highest BCUT2D eigenvalue weighted by Gasteiger charge is 2.49. The molecule has 1 saturated heterocycles. The van der Waals surface area contributed by atoms with Crippen molar-refractivity contribution < 1.29 is 9.47 Å². The lowest BCUT2D eigenvalue weighted by Gasteiger charge is -2.42. The van der Waals surface area contributed by atoms with E-state index in [-0.39, 0.29) is 5.79 Å².